The summed E-state index contributed by atoms with van der Waals surface area (Å²) >= 11 is 7.62. The number of fused-ring (bicyclic) bond motifs is 1. The number of nitrogens with one attached hydrogen (secondary N) is 1. The van der Waals surface area contributed by atoms with E-state index >= 15 is 0 Å². The number of thiophene rings is 1. The number of halogens is 1. The summed E-state index contributed by atoms with van der Waals surface area (Å²) in [6, 6.07) is 16.6. The second kappa shape index (κ2) is 12.3. The van der Waals surface area contributed by atoms with Gasteiger partial charge in [-0.15, -0.1) is 11.3 Å². The summed E-state index contributed by atoms with van der Waals surface area (Å²) in [7, 11) is 0. The molecule has 1 fully saturated rings. The van der Waals surface area contributed by atoms with Crippen molar-refractivity contribution in [2.45, 2.75) is 44.9 Å². The number of amides is 1. The van der Waals surface area contributed by atoms with E-state index in [9.17, 15) is 9.90 Å². The van der Waals surface area contributed by atoms with E-state index in [1.807, 2.05) is 54.6 Å². The number of oxime groups is 1. The van der Waals surface area contributed by atoms with Gasteiger partial charge in [0.25, 0.3) is 5.91 Å². The lowest BCUT2D eigenvalue weighted by Crippen LogP contribution is -2.49. The van der Waals surface area contributed by atoms with Crippen LogP contribution in [0, 0.1) is 0 Å². The monoisotopic (exact) mass is 553 g/mol. The second-order valence-corrected chi connectivity index (χ2v) is 11.4. The minimum absolute atomic E-state index is 0.212. The lowest BCUT2D eigenvalue weighted by molar-refractivity contribution is -0.116. The topological polar surface area (TPSA) is 83.4 Å². The highest BCUT2D eigenvalue weighted by Crippen LogP contribution is 2.33. The first-order valence-electron chi connectivity index (χ1n) is 13.0. The molecule has 2 aliphatic rings. The van der Waals surface area contributed by atoms with Gasteiger partial charge in [-0.2, -0.15) is 0 Å². The Labute approximate surface area is 232 Å². The van der Waals surface area contributed by atoms with E-state index in [0.29, 0.717) is 13.2 Å². The van der Waals surface area contributed by atoms with Crippen molar-refractivity contribution in [2.75, 3.05) is 26.2 Å². The van der Waals surface area contributed by atoms with Crippen molar-refractivity contribution in [1.29, 1.82) is 0 Å². The SMILES string of the molecule is CCCOc1ccc([C@@H](O)[C@@H](CN2CCCC2)NC(=O)C2=NOCc3cc(-c4ccc(Cl)s4)ccc32)cc1. The van der Waals surface area contributed by atoms with E-state index in [-0.39, 0.29) is 18.2 Å². The second-order valence-electron chi connectivity index (χ2n) is 9.64. The Bertz CT molecular complexity index is 1290. The quantitative estimate of drug-likeness (QED) is 0.351. The number of hydrogen-bond donors (Lipinski definition) is 2. The van der Waals surface area contributed by atoms with Gasteiger partial charge in [0.15, 0.2) is 5.71 Å². The molecule has 7 nitrogen and oxygen atoms in total. The highest BCUT2D eigenvalue weighted by molar-refractivity contribution is 7.19. The molecule has 200 valence electrons. The van der Waals surface area contributed by atoms with Crippen LogP contribution in [0.15, 0.2) is 59.8 Å². The van der Waals surface area contributed by atoms with Crippen molar-refractivity contribution in [3.8, 4) is 16.2 Å². The molecule has 2 N–H and O–H groups in total. The standard InChI is InChI=1S/C29H32ClN3O4S/c1-2-15-36-22-8-5-19(6-9-22)28(34)24(17-33-13-3-4-14-33)31-29(35)27-23-10-7-20(16-21(23)18-37-32-27)25-11-12-26(30)38-25/h5-12,16,24,28,34H,2-4,13-15,17-18H2,1H3,(H,31,35)/t24-,28-/m1/s1. The van der Waals surface area contributed by atoms with Crippen LogP contribution in [-0.2, 0) is 16.2 Å². The van der Waals surface area contributed by atoms with Crippen LogP contribution in [0.4, 0.5) is 0 Å². The van der Waals surface area contributed by atoms with Crippen LogP contribution < -0.4 is 10.1 Å². The molecule has 3 heterocycles. The van der Waals surface area contributed by atoms with Crippen molar-refractivity contribution in [2.24, 2.45) is 5.16 Å². The minimum atomic E-state index is -0.893. The highest BCUT2D eigenvalue weighted by atomic mass is 35.5. The Morgan fingerprint density at radius 2 is 1.97 bits per heavy atom. The van der Waals surface area contributed by atoms with Crippen LogP contribution in [0.25, 0.3) is 10.4 Å². The molecule has 9 heteroatoms. The van der Waals surface area contributed by atoms with E-state index in [1.54, 1.807) is 0 Å². The molecule has 0 unspecified atom stereocenters. The Morgan fingerprint density at radius 1 is 1.18 bits per heavy atom. The third-order valence-electron chi connectivity index (χ3n) is 6.85. The Hall–Kier alpha value is -2.91. The molecule has 1 amide bonds. The van der Waals surface area contributed by atoms with E-state index in [1.165, 1.54) is 11.3 Å². The maximum atomic E-state index is 13.5. The third-order valence-corrected chi connectivity index (χ3v) is 8.13. The van der Waals surface area contributed by atoms with E-state index in [4.69, 9.17) is 21.2 Å². The number of aliphatic hydroxyl groups excluding tert-OH is 1. The van der Waals surface area contributed by atoms with Gasteiger partial charge in [-0.25, -0.2) is 0 Å². The van der Waals surface area contributed by atoms with E-state index < -0.39 is 12.1 Å². The largest absolute Gasteiger partial charge is 0.494 e. The summed E-state index contributed by atoms with van der Waals surface area (Å²) in [6.45, 7) is 5.42. The van der Waals surface area contributed by atoms with Crippen LogP contribution in [-0.4, -0.2) is 53.9 Å². The van der Waals surface area contributed by atoms with E-state index in [0.717, 1.165) is 69.6 Å². The van der Waals surface area contributed by atoms with Gasteiger partial charge in [0.05, 0.1) is 17.0 Å². The number of hydrogen-bond acceptors (Lipinski definition) is 7. The number of carbonyl (C=O) groups is 1. The van der Waals surface area contributed by atoms with Crippen LogP contribution in [0.5, 0.6) is 5.75 Å². The summed E-state index contributed by atoms with van der Waals surface area (Å²) < 4.78 is 6.40. The number of likely N-dealkylation sites (tertiary alicyclic amines) is 1. The fraction of sp³-hybridized carbons (Fsp3) is 0.379. The fourth-order valence-corrected chi connectivity index (χ4v) is 5.90. The molecule has 0 radical (unpaired) electrons. The van der Waals surface area contributed by atoms with Gasteiger partial charge in [-0.3, -0.25) is 4.79 Å². The normalized spacial score (nSPS) is 16.8. The van der Waals surface area contributed by atoms with Crippen molar-refractivity contribution >= 4 is 34.6 Å². The molecule has 38 heavy (non-hydrogen) atoms. The zero-order valence-electron chi connectivity index (χ0n) is 21.4. The van der Waals surface area contributed by atoms with Gasteiger partial charge in [0, 0.05) is 22.5 Å². The number of rotatable bonds is 10. The highest BCUT2D eigenvalue weighted by Gasteiger charge is 2.30. The zero-order chi connectivity index (χ0) is 26.5. The van der Waals surface area contributed by atoms with Gasteiger partial charge >= 0.3 is 0 Å². The zero-order valence-corrected chi connectivity index (χ0v) is 22.9. The van der Waals surface area contributed by atoms with Crippen molar-refractivity contribution in [3.63, 3.8) is 0 Å². The average molecular weight is 554 g/mol. The molecule has 3 aromatic rings. The van der Waals surface area contributed by atoms with Gasteiger partial charge in [-0.1, -0.05) is 47.9 Å². The molecule has 2 atom stereocenters. The smallest absolute Gasteiger partial charge is 0.274 e. The Balaban J connectivity index is 1.34. The molecule has 1 aromatic heterocycles. The number of aliphatic hydroxyl groups is 1. The lowest BCUT2D eigenvalue weighted by atomic mass is 9.97. The molecule has 1 saturated heterocycles. The first-order valence-corrected chi connectivity index (χ1v) is 14.2. The van der Waals surface area contributed by atoms with Gasteiger partial charge < -0.3 is 24.9 Å². The molecule has 5 rings (SSSR count). The summed E-state index contributed by atoms with van der Waals surface area (Å²) in [5.74, 6) is 0.390. The molecule has 0 saturated carbocycles. The predicted molar refractivity (Wildman–Crippen MR) is 151 cm³/mol. The number of ether oxygens (including phenoxy) is 1. The average Bonchev–Trinajstić information content (AvgIpc) is 3.62. The molecule has 0 aliphatic carbocycles. The first-order chi connectivity index (χ1) is 18.5. The fourth-order valence-electron chi connectivity index (χ4n) is 4.86. The lowest BCUT2D eigenvalue weighted by Gasteiger charge is -2.29. The number of carbonyl (C=O) groups excluding carboxylic acids is 1. The maximum Gasteiger partial charge on any atom is 0.274 e. The summed E-state index contributed by atoms with van der Waals surface area (Å²) in [5.41, 5.74) is 3.56. The summed E-state index contributed by atoms with van der Waals surface area (Å²) in [6.07, 6.45) is 2.27. The van der Waals surface area contributed by atoms with Gasteiger partial charge in [-0.05, 0) is 73.8 Å². The van der Waals surface area contributed by atoms with Gasteiger partial charge in [0.1, 0.15) is 18.5 Å². The molecule has 2 aromatic carbocycles. The first kappa shape index (κ1) is 26.7. The Morgan fingerprint density at radius 3 is 2.68 bits per heavy atom. The number of nitrogens with zero attached hydrogens (tertiary/aromatic N) is 2. The maximum absolute atomic E-state index is 13.5. The molecular formula is C29H32ClN3O4S. The van der Waals surface area contributed by atoms with Crippen LogP contribution in [0.1, 0.15) is 49.0 Å². The third kappa shape index (κ3) is 6.21. The Kier molecular flexibility index (Phi) is 8.64. The van der Waals surface area contributed by atoms with Crippen molar-refractivity contribution in [1.82, 2.24) is 10.2 Å². The number of benzene rings is 2. The predicted octanol–water partition coefficient (Wildman–Crippen LogP) is 5.41. The van der Waals surface area contributed by atoms with Crippen LogP contribution >= 0.6 is 22.9 Å². The van der Waals surface area contributed by atoms with Crippen molar-refractivity contribution in [3.05, 3.63) is 75.6 Å². The summed E-state index contributed by atoms with van der Waals surface area (Å²) in [5, 5.41) is 18.5. The van der Waals surface area contributed by atoms with Crippen LogP contribution in [0.3, 0.4) is 0 Å². The van der Waals surface area contributed by atoms with E-state index in [2.05, 4.69) is 22.3 Å². The molecule has 0 bridgehead atoms. The van der Waals surface area contributed by atoms with Crippen molar-refractivity contribution < 1.29 is 19.5 Å². The molecular weight excluding hydrogens is 522 g/mol. The molecule has 2 aliphatic heterocycles. The van der Waals surface area contributed by atoms with Crippen LogP contribution in [0.2, 0.25) is 4.34 Å². The molecule has 0 spiro atoms. The summed E-state index contributed by atoms with van der Waals surface area (Å²) in [4.78, 5) is 22.3. The minimum Gasteiger partial charge on any atom is -0.494 e. The van der Waals surface area contributed by atoms with Gasteiger partial charge in [0.2, 0.25) is 0 Å².